The van der Waals surface area contributed by atoms with Crippen molar-refractivity contribution in [1.29, 1.82) is 0 Å². The van der Waals surface area contributed by atoms with Gasteiger partial charge in [0.2, 0.25) is 0 Å². The van der Waals surface area contributed by atoms with E-state index in [0.29, 0.717) is 0 Å². The highest BCUT2D eigenvalue weighted by molar-refractivity contribution is 5.67. The summed E-state index contributed by atoms with van der Waals surface area (Å²) >= 11 is 0. The van der Waals surface area contributed by atoms with E-state index in [1.165, 1.54) is 18.2 Å². The summed E-state index contributed by atoms with van der Waals surface area (Å²) in [6, 6.07) is 6.83. The lowest BCUT2D eigenvalue weighted by atomic mass is 10.0. The van der Waals surface area contributed by atoms with Crippen LogP contribution in [0.1, 0.15) is 5.56 Å². The highest BCUT2D eigenvalue weighted by atomic mass is 19.4. The van der Waals surface area contributed by atoms with Crippen LogP contribution in [0.15, 0.2) is 36.4 Å². The monoisotopic (exact) mass is 286 g/mol. The van der Waals surface area contributed by atoms with Crippen molar-refractivity contribution in [2.75, 3.05) is 7.11 Å². The van der Waals surface area contributed by atoms with Gasteiger partial charge in [-0.3, -0.25) is 0 Å². The van der Waals surface area contributed by atoms with Crippen molar-refractivity contribution < 1.29 is 27.4 Å². The molecule has 0 bridgehead atoms. The van der Waals surface area contributed by atoms with Crippen molar-refractivity contribution >= 4 is 0 Å². The Bertz CT molecular complexity index is 636. The van der Waals surface area contributed by atoms with Crippen molar-refractivity contribution in [3.8, 4) is 22.6 Å². The first-order valence-corrected chi connectivity index (χ1v) is 5.57. The van der Waals surface area contributed by atoms with E-state index < -0.39 is 23.3 Å². The molecule has 0 aliphatic carbocycles. The number of benzene rings is 2. The first kappa shape index (κ1) is 14.2. The van der Waals surface area contributed by atoms with Gasteiger partial charge in [-0.2, -0.15) is 13.2 Å². The van der Waals surface area contributed by atoms with Crippen molar-refractivity contribution in [1.82, 2.24) is 0 Å². The first-order valence-electron chi connectivity index (χ1n) is 5.57. The molecule has 0 amide bonds. The van der Waals surface area contributed by atoms with Gasteiger partial charge >= 0.3 is 6.18 Å². The van der Waals surface area contributed by atoms with E-state index >= 15 is 0 Å². The van der Waals surface area contributed by atoms with Crippen LogP contribution in [0.3, 0.4) is 0 Å². The molecule has 0 atom stereocenters. The number of methoxy groups -OCH3 is 1. The van der Waals surface area contributed by atoms with Crippen molar-refractivity contribution in [2.24, 2.45) is 0 Å². The summed E-state index contributed by atoms with van der Waals surface area (Å²) in [6.45, 7) is 0. The Balaban J connectivity index is 2.55. The van der Waals surface area contributed by atoms with E-state index in [1.807, 2.05) is 0 Å². The summed E-state index contributed by atoms with van der Waals surface area (Å²) < 4.78 is 56.6. The number of alkyl halides is 3. The van der Waals surface area contributed by atoms with Gasteiger partial charge in [-0.15, -0.1) is 0 Å². The van der Waals surface area contributed by atoms with E-state index in [4.69, 9.17) is 5.11 Å². The molecular weight excluding hydrogens is 276 g/mol. The molecule has 0 saturated heterocycles. The smallest absolute Gasteiger partial charge is 0.419 e. The van der Waals surface area contributed by atoms with E-state index in [1.54, 1.807) is 0 Å². The number of phenolic OH excluding ortho intramolecular Hbond substituents is 1. The predicted molar refractivity (Wildman–Crippen MR) is 65.1 cm³/mol. The summed E-state index contributed by atoms with van der Waals surface area (Å²) in [5, 5.41) is 9.08. The number of hydrogen-bond donors (Lipinski definition) is 1. The maximum absolute atomic E-state index is 13.2. The lowest BCUT2D eigenvalue weighted by Gasteiger charge is -2.13. The van der Waals surface area contributed by atoms with E-state index in [2.05, 4.69) is 4.74 Å². The molecule has 0 radical (unpaired) electrons. The summed E-state index contributed by atoms with van der Waals surface area (Å²) in [4.78, 5) is 0. The molecule has 0 fully saturated rings. The average molecular weight is 286 g/mol. The average Bonchev–Trinajstić information content (AvgIpc) is 2.40. The number of rotatable bonds is 2. The fourth-order valence-corrected chi connectivity index (χ4v) is 1.80. The zero-order chi connectivity index (χ0) is 14.9. The Morgan fingerprint density at radius 3 is 2.15 bits per heavy atom. The number of phenols is 1. The minimum absolute atomic E-state index is 0.178. The third kappa shape index (κ3) is 2.68. The standard InChI is InChI=1S/C14H10F4O2/c1-20-13-5-3-8(6-10(13)14(16,17)18)9-2-4-12(19)11(15)7-9/h2-7,19H,1H3. The largest absolute Gasteiger partial charge is 0.505 e. The molecule has 0 unspecified atom stereocenters. The van der Waals surface area contributed by atoms with Gasteiger partial charge in [-0.1, -0.05) is 12.1 Å². The van der Waals surface area contributed by atoms with E-state index in [-0.39, 0.29) is 16.9 Å². The Labute approximate surface area is 112 Å². The molecule has 0 saturated carbocycles. The molecule has 2 rings (SSSR count). The minimum atomic E-state index is -4.57. The Morgan fingerprint density at radius 1 is 1.00 bits per heavy atom. The van der Waals surface area contributed by atoms with Crippen LogP contribution in [0.25, 0.3) is 11.1 Å². The predicted octanol–water partition coefficient (Wildman–Crippen LogP) is 4.23. The summed E-state index contributed by atoms with van der Waals surface area (Å²) in [5.74, 6) is -1.76. The molecule has 0 aliphatic heterocycles. The van der Waals surface area contributed by atoms with Gasteiger partial charge in [0, 0.05) is 0 Å². The molecule has 106 valence electrons. The van der Waals surface area contributed by atoms with Gasteiger partial charge < -0.3 is 9.84 Å². The zero-order valence-corrected chi connectivity index (χ0v) is 10.3. The molecule has 2 nitrogen and oxygen atoms in total. The quantitative estimate of drug-likeness (QED) is 0.837. The number of halogens is 4. The maximum atomic E-state index is 13.2. The summed E-state index contributed by atoms with van der Waals surface area (Å²) in [6.07, 6.45) is -4.57. The lowest BCUT2D eigenvalue weighted by molar-refractivity contribution is -0.138. The SMILES string of the molecule is COc1ccc(-c2ccc(O)c(F)c2)cc1C(F)(F)F. The van der Waals surface area contributed by atoms with Gasteiger partial charge in [0.25, 0.3) is 0 Å². The molecule has 20 heavy (non-hydrogen) atoms. The Morgan fingerprint density at radius 2 is 1.60 bits per heavy atom. The molecule has 1 N–H and O–H groups in total. The first-order chi connectivity index (χ1) is 9.32. The molecule has 0 spiro atoms. The molecule has 2 aromatic rings. The second-order valence-electron chi connectivity index (χ2n) is 4.08. The zero-order valence-electron chi connectivity index (χ0n) is 10.3. The Hall–Kier alpha value is -2.24. The van der Waals surface area contributed by atoms with Gasteiger partial charge in [-0.05, 0) is 35.4 Å². The van der Waals surface area contributed by atoms with E-state index in [0.717, 1.165) is 25.3 Å². The number of aromatic hydroxyl groups is 1. The second kappa shape index (κ2) is 5.03. The van der Waals surface area contributed by atoms with Crippen LogP contribution in [0.5, 0.6) is 11.5 Å². The third-order valence-electron chi connectivity index (χ3n) is 2.79. The lowest BCUT2D eigenvalue weighted by Crippen LogP contribution is -2.07. The number of hydrogen-bond acceptors (Lipinski definition) is 2. The normalized spacial score (nSPS) is 11.4. The van der Waals surface area contributed by atoms with Gasteiger partial charge in [0.15, 0.2) is 11.6 Å². The molecule has 0 heterocycles. The van der Waals surface area contributed by atoms with Crippen LogP contribution < -0.4 is 4.74 Å². The number of ether oxygens (including phenoxy) is 1. The van der Waals surface area contributed by atoms with Gasteiger partial charge in [0.05, 0.1) is 12.7 Å². The fraction of sp³-hybridized carbons (Fsp3) is 0.143. The summed E-state index contributed by atoms with van der Waals surface area (Å²) in [7, 11) is 1.14. The van der Waals surface area contributed by atoms with Crippen LogP contribution in [0, 0.1) is 5.82 Å². The van der Waals surface area contributed by atoms with Crippen molar-refractivity contribution in [3.63, 3.8) is 0 Å². The van der Waals surface area contributed by atoms with Crippen LogP contribution in [0.4, 0.5) is 17.6 Å². The second-order valence-corrected chi connectivity index (χ2v) is 4.08. The molecular formula is C14H10F4O2. The van der Waals surface area contributed by atoms with E-state index in [9.17, 15) is 17.6 Å². The highest BCUT2D eigenvalue weighted by Crippen LogP contribution is 2.39. The Kier molecular flexibility index (Phi) is 3.57. The highest BCUT2D eigenvalue weighted by Gasteiger charge is 2.34. The van der Waals surface area contributed by atoms with Crippen molar-refractivity contribution in [3.05, 3.63) is 47.8 Å². The topological polar surface area (TPSA) is 29.5 Å². The molecule has 6 heteroatoms. The maximum Gasteiger partial charge on any atom is 0.419 e. The van der Waals surface area contributed by atoms with Crippen LogP contribution >= 0.6 is 0 Å². The van der Waals surface area contributed by atoms with Gasteiger partial charge in [0.1, 0.15) is 5.75 Å². The molecule has 0 aromatic heterocycles. The molecule has 0 aliphatic rings. The third-order valence-corrected chi connectivity index (χ3v) is 2.79. The van der Waals surface area contributed by atoms with Crippen LogP contribution in [-0.4, -0.2) is 12.2 Å². The summed E-state index contributed by atoms with van der Waals surface area (Å²) in [5.41, 5.74) is -0.531. The van der Waals surface area contributed by atoms with Crippen LogP contribution in [0.2, 0.25) is 0 Å². The van der Waals surface area contributed by atoms with Crippen LogP contribution in [-0.2, 0) is 6.18 Å². The molecule has 2 aromatic carbocycles. The van der Waals surface area contributed by atoms with Crippen molar-refractivity contribution in [2.45, 2.75) is 6.18 Å². The minimum Gasteiger partial charge on any atom is -0.505 e. The fourth-order valence-electron chi connectivity index (χ4n) is 1.80. The van der Waals surface area contributed by atoms with Gasteiger partial charge in [-0.25, -0.2) is 4.39 Å².